The standard InChI is InChI=1S/C15H18BrFO4/c1-9(2)10(3)20-14(18)6-7-15(19)21-13-5-4-11(17)8-12(13)16/h4-5,8-10H,6-7H2,1-3H3. The van der Waals surface area contributed by atoms with Crippen molar-refractivity contribution in [2.45, 2.75) is 39.7 Å². The molecule has 0 saturated heterocycles. The second-order valence-electron chi connectivity index (χ2n) is 4.99. The molecule has 1 atom stereocenters. The van der Waals surface area contributed by atoms with Gasteiger partial charge >= 0.3 is 11.9 Å². The van der Waals surface area contributed by atoms with E-state index in [0.717, 1.165) is 0 Å². The van der Waals surface area contributed by atoms with Crippen LogP contribution in [0.4, 0.5) is 4.39 Å². The first kappa shape index (κ1) is 17.6. The first-order chi connectivity index (χ1) is 9.79. The summed E-state index contributed by atoms with van der Waals surface area (Å²) in [6, 6.07) is 3.73. The molecule has 0 aliphatic heterocycles. The zero-order chi connectivity index (χ0) is 16.0. The quantitative estimate of drug-likeness (QED) is 0.570. The zero-order valence-electron chi connectivity index (χ0n) is 12.2. The van der Waals surface area contributed by atoms with E-state index < -0.39 is 17.8 Å². The summed E-state index contributed by atoms with van der Waals surface area (Å²) in [7, 11) is 0. The average molecular weight is 361 g/mol. The molecule has 0 aliphatic carbocycles. The number of ether oxygens (including phenoxy) is 2. The Morgan fingerprint density at radius 1 is 1.19 bits per heavy atom. The average Bonchev–Trinajstić information content (AvgIpc) is 2.39. The van der Waals surface area contributed by atoms with E-state index in [1.54, 1.807) is 6.92 Å². The molecule has 0 amide bonds. The highest BCUT2D eigenvalue weighted by Crippen LogP contribution is 2.25. The van der Waals surface area contributed by atoms with Gasteiger partial charge in [-0.2, -0.15) is 0 Å². The second-order valence-corrected chi connectivity index (χ2v) is 5.84. The Bertz CT molecular complexity index is 516. The normalized spacial score (nSPS) is 12.1. The summed E-state index contributed by atoms with van der Waals surface area (Å²) in [5.41, 5.74) is 0. The van der Waals surface area contributed by atoms with E-state index >= 15 is 0 Å². The van der Waals surface area contributed by atoms with Gasteiger partial charge in [0.15, 0.2) is 0 Å². The van der Waals surface area contributed by atoms with Crippen LogP contribution < -0.4 is 4.74 Å². The van der Waals surface area contributed by atoms with Gasteiger partial charge in [-0.3, -0.25) is 9.59 Å². The summed E-state index contributed by atoms with van der Waals surface area (Å²) in [5.74, 6) is -1.02. The molecule has 21 heavy (non-hydrogen) atoms. The molecular weight excluding hydrogens is 343 g/mol. The number of benzene rings is 1. The third-order valence-electron chi connectivity index (χ3n) is 2.91. The van der Waals surface area contributed by atoms with Gasteiger partial charge in [-0.05, 0) is 47.0 Å². The van der Waals surface area contributed by atoms with E-state index in [2.05, 4.69) is 15.9 Å². The van der Waals surface area contributed by atoms with Gasteiger partial charge in [0.2, 0.25) is 0 Å². The topological polar surface area (TPSA) is 52.6 Å². The lowest BCUT2D eigenvalue weighted by atomic mass is 10.1. The van der Waals surface area contributed by atoms with E-state index in [1.807, 2.05) is 13.8 Å². The van der Waals surface area contributed by atoms with E-state index in [0.29, 0.717) is 4.47 Å². The molecule has 1 unspecified atom stereocenters. The summed E-state index contributed by atoms with van der Waals surface area (Å²) < 4.78 is 23.4. The maximum Gasteiger partial charge on any atom is 0.311 e. The first-order valence-corrected chi connectivity index (χ1v) is 7.44. The Morgan fingerprint density at radius 3 is 2.38 bits per heavy atom. The Balaban J connectivity index is 2.42. The lowest BCUT2D eigenvalue weighted by Gasteiger charge is -2.16. The lowest BCUT2D eigenvalue weighted by Crippen LogP contribution is -2.21. The van der Waals surface area contributed by atoms with Crippen molar-refractivity contribution in [3.8, 4) is 5.75 Å². The van der Waals surface area contributed by atoms with Gasteiger partial charge in [0, 0.05) is 0 Å². The number of hydrogen-bond acceptors (Lipinski definition) is 4. The molecule has 1 aromatic rings. The van der Waals surface area contributed by atoms with Gasteiger partial charge in [-0.1, -0.05) is 13.8 Å². The lowest BCUT2D eigenvalue weighted by molar-refractivity contribution is -0.152. The van der Waals surface area contributed by atoms with Crippen molar-refractivity contribution < 1.29 is 23.5 Å². The largest absolute Gasteiger partial charge is 0.462 e. The zero-order valence-corrected chi connectivity index (χ0v) is 13.8. The summed E-state index contributed by atoms with van der Waals surface area (Å²) in [6.45, 7) is 5.69. The van der Waals surface area contributed by atoms with Crippen LogP contribution in [-0.4, -0.2) is 18.0 Å². The van der Waals surface area contributed by atoms with E-state index in [1.165, 1.54) is 18.2 Å². The summed E-state index contributed by atoms with van der Waals surface area (Å²) in [5, 5.41) is 0. The molecular formula is C15H18BrFO4. The smallest absolute Gasteiger partial charge is 0.311 e. The summed E-state index contributed by atoms with van der Waals surface area (Å²) >= 11 is 3.10. The highest BCUT2D eigenvalue weighted by Gasteiger charge is 2.16. The number of rotatable bonds is 6. The fraction of sp³-hybridized carbons (Fsp3) is 0.467. The summed E-state index contributed by atoms with van der Waals surface area (Å²) in [6.07, 6.45) is -0.331. The van der Waals surface area contributed by atoms with Crippen molar-refractivity contribution in [2.75, 3.05) is 0 Å². The molecule has 116 valence electrons. The second kappa shape index (κ2) is 8.12. The Morgan fingerprint density at radius 2 is 1.81 bits per heavy atom. The van der Waals surface area contributed by atoms with Crippen LogP contribution in [0.3, 0.4) is 0 Å². The molecule has 0 N–H and O–H groups in total. The molecule has 0 bridgehead atoms. The van der Waals surface area contributed by atoms with Crippen molar-refractivity contribution >= 4 is 27.9 Å². The number of esters is 2. The Labute approximate surface area is 131 Å². The fourth-order valence-corrected chi connectivity index (χ4v) is 1.77. The molecule has 0 aromatic heterocycles. The predicted octanol–water partition coefficient (Wildman–Crippen LogP) is 3.86. The van der Waals surface area contributed by atoms with Gasteiger partial charge in [0.05, 0.1) is 17.3 Å². The number of carbonyl (C=O) groups excluding carboxylic acids is 2. The van der Waals surface area contributed by atoms with Crippen LogP contribution in [0, 0.1) is 11.7 Å². The minimum atomic E-state index is -0.573. The van der Waals surface area contributed by atoms with Crippen LogP contribution in [0.1, 0.15) is 33.6 Å². The van der Waals surface area contributed by atoms with Crippen LogP contribution >= 0.6 is 15.9 Å². The molecule has 4 nitrogen and oxygen atoms in total. The van der Waals surface area contributed by atoms with Gasteiger partial charge in [0.1, 0.15) is 17.7 Å². The van der Waals surface area contributed by atoms with E-state index in [4.69, 9.17) is 9.47 Å². The minimum absolute atomic E-state index is 0.0469. The third kappa shape index (κ3) is 6.25. The molecule has 0 heterocycles. The maximum atomic E-state index is 12.9. The first-order valence-electron chi connectivity index (χ1n) is 6.64. The van der Waals surface area contributed by atoms with Gasteiger partial charge in [0.25, 0.3) is 0 Å². The number of hydrogen-bond donors (Lipinski definition) is 0. The van der Waals surface area contributed by atoms with Crippen molar-refractivity contribution in [2.24, 2.45) is 5.92 Å². The van der Waals surface area contributed by atoms with Gasteiger partial charge in [-0.15, -0.1) is 0 Å². The van der Waals surface area contributed by atoms with Crippen LogP contribution in [-0.2, 0) is 14.3 Å². The maximum absolute atomic E-state index is 12.9. The summed E-state index contributed by atoms with van der Waals surface area (Å²) in [4.78, 5) is 23.2. The molecule has 0 saturated carbocycles. The number of halogens is 2. The van der Waals surface area contributed by atoms with Crippen LogP contribution in [0.5, 0.6) is 5.75 Å². The van der Waals surface area contributed by atoms with Crippen LogP contribution in [0.2, 0.25) is 0 Å². The highest BCUT2D eigenvalue weighted by molar-refractivity contribution is 9.10. The predicted molar refractivity (Wildman–Crippen MR) is 79.4 cm³/mol. The third-order valence-corrected chi connectivity index (χ3v) is 3.53. The minimum Gasteiger partial charge on any atom is -0.462 e. The molecule has 1 rings (SSSR count). The molecule has 0 aliphatic rings. The van der Waals surface area contributed by atoms with Crippen molar-refractivity contribution in [3.63, 3.8) is 0 Å². The molecule has 0 radical (unpaired) electrons. The van der Waals surface area contributed by atoms with Crippen molar-refractivity contribution in [1.82, 2.24) is 0 Å². The molecule has 1 aromatic carbocycles. The van der Waals surface area contributed by atoms with Crippen LogP contribution in [0.15, 0.2) is 22.7 Å². The van der Waals surface area contributed by atoms with E-state index in [-0.39, 0.29) is 30.6 Å². The molecule has 0 fully saturated rings. The Kier molecular flexibility index (Phi) is 6.81. The Hall–Kier alpha value is -1.43. The van der Waals surface area contributed by atoms with Crippen molar-refractivity contribution in [3.05, 3.63) is 28.5 Å². The van der Waals surface area contributed by atoms with Gasteiger partial charge in [-0.25, -0.2) is 4.39 Å². The van der Waals surface area contributed by atoms with E-state index in [9.17, 15) is 14.0 Å². The SMILES string of the molecule is CC(C)C(C)OC(=O)CCC(=O)Oc1ccc(F)cc1Br. The molecule has 0 spiro atoms. The van der Waals surface area contributed by atoms with Crippen molar-refractivity contribution in [1.29, 1.82) is 0 Å². The monoisotopic (exact) mass is 360 g/mol. The number of carbonyl (C=O) groups is 2. The molecule has 6 heteroatoms. The van der Waals surface area contributed by atoms with Gasteiger partial charge < -0.3 is 9.47 Å². The fourth-order valence-electron chi connectivity index (χ4n) is 1.34. The highest BCUT2D eigenvalue weighted by atomic mass is 79.9. The van der Waals surface area contributed by atoms with Crippen LogP contribution in [0.25, 0.3) is 0 Å².